The monoisotopic (exact) mass is 382 g/mol. The summed E-state index contributed by atoms with van der Waals surface area (Å²) in [6.45, 7) is 3.08. The van der Waals surface area contributed by atoms with Gasteiger partial charge in [0.05, 0.1) is 18.1 Å². The summed E-state index contributed by atoms with van der Waals surface area (Å²) >= 11 is 1.50. The van der Waals surface area contributed by atoms with Crippen LogP contribution in [0.5, 0.6) is 0 Å². The lowest BCUT2D eigenvalue weighted by atomic mass is 10.2. The van der Waals surface area contributed by atoms with Crippen LogP contribution in [-0.2, 0) is 21.9 Å². The summed E-state index contributed by atoms with van der Waals surface area (Å²) < 4.78 is 11.0. The highest BCUT2D eigenvalue weighted by atomic mass is 32.2. The van der Waals surface area contributed by atoms with E-state index in [1.54, 1.807) is 6.26 Å². The summed E-state index contributed by atoms with van der Waals surface area (Å²) in [5, 5.41) is 2.95. The van der Waals surface area contributed by atoms with Crippen molar-refractivity contribution in [2.24, 2.45) is 0 Å². The van der Waals surface area contributed by atoms with Crippen LogP contribution >= 0.6 is 11.8 Å². The zero-order valence-electron chi connectivity index (χ0n) is 15.2. The van der Waals surface area contributed by atoms with Crippen LogP contribution in [0.3, 0.4) is 0 Å². The van der Waals surface area contributed by atoms with Gasteiger partial charge >= 0.3 is 0 Å². The standard InChI is InChI=1S/C21H22N2O3S/c1-2-25-12-17-10-6-7-11-19(17)23-20(24)15-27-14-18-13-26-21(22-18)16-8-4-3-5-9-16/h3-11,13H,2,12,14-15H2,1H3,(H,23,24). The summed E-state index contributed by atoms with van der Waals surface area (Å²) in [5.41, 5.74) is 3.53. The molecule has 0 spiro atoms. The molecule has 3 rings (SSSR count). The number of thioether (sulfide) groups is 1. The van der Waals surface area contributed by atoms with E-state index in [9.17, 15) is 4.79 Å². The van der Waals surface area contributed by atoms with Gasteiger partial charge in [0.15, 0.2) is 0 Å². The van der Waals surface area contributed by atoms with E-state index in [1.807, 2.05) is 61.5 Å². The fraction of sp³-hybridized carbons (Fsp3) is 0.238. The van der Waals surface area contributed by atoms with E-state index >= 15 is 0 Å². The molecule has 5 nitrogen and oxygen atoms in total. The number of benzene rings is 2. The van der Waals surface area contributed by atoms with Crippen LogP contribution in [0, 0.1) is 0 Å². The fourth-order valence-corrected chi connectivity index (χ4v) is 3.20. The second-order valence-electron chi connectivity index (χ2n) is 5.85. The number of para-hydroxylation sites is 1. The maximum Gasteiger partial charge on any atom is 0.234 e. The molecule has 27 heavy (non-hydrogen) atoms. The fourth-order valence-electron chi connectivity index (χ4n) is 2.50. The molecule has 2 aromatic carbocycles. The lowest BCUT2D eigenvalue weighted by molar-refractivity contribution is -0.113. The Labute approximate surface area is 163 Å². The van der Waals surface area contributed by atoms with E-state index < -0.39 is 0 Å². The molecule has 1 heterocycles. The number of ether oxygens (including phenoxy) is 1. The highest BCUT2D eigenvalue weighted by Crippen LogP contribution is 2.21. The van der Waals surface area contributed by atoms with Gasteiger partial charge in [0, 0.05) is 29.2 Å². The maximum absolute atomic E-state index is 12.2. The van der Waals surface area contributed by atoms with E-state index in [0.29, 0.717) is 30.6 Å². The van der Waals surface area contributed by atoms with Crippen molar-refractivity contribution in [2.45, 2.75) is 19.3 Å². The topological polar surface area (TPSA) is 64.4 Å². The van der Waals surface area contributed by atoms with Crippen LogP contribution in [0.2, 0.25) is 0 Å². The minimum atomic E-state index is -0.0456. The number of nitrogens with zero attached hydrogens (tertiary/aromatic N) is 1. The smallest absolute Gasteiger partial charge is 0.234 e. The van der Waals surface area contributed by atoms with Crippen LogP contribution in [0.15, 0.2) is 65.3 Å². The van der Waals surface area contributed by atoms with E-state index in [2.05, 4.69) is 10.3 Å². The number of carbonyl (C=O) groups is 1. The Morgan fingerprint density at radius 1 is 1.15 bits per heavy atom. The van der Waals surface area contributed by atoms with Crippen molar-refractivity contribution >= 4 is 23.4 Å². The molecule has 0 aliphatic heterocycles. The molecule has 1 aromatic heterocycles. The van der Waals surface area contributed by atoms with Gasteiger partial charge in [0.25, 0.3) is 0 Å². The molecule has 6 heteroatoms. The van der Waals surface area contributed by atoms with Crippen LogP contribution < -0.4 is 5.32 Å². The minimum absolute atomic E-state index is 0.0456. The normalized spacial score (nSPS) is 10.7. The largest absolute Gasteiger partial charge is 0.444 e. The molecule has 3 aromatic rings. The Bertz CT molecular complexity index is 865. The second kappa shape index (κ2) is 9.94. The van der Waals surface area contributed by atoms with Gasteiger partial charge in [-0.1, -0.05) is 36.4 Å². The third-order valence-electron chi connectivity index (χ3n) is 3.81. The third kappa shape index (κ3) is 5.70. The number of oxazole rings is 1. The van der Waals surface area contributed by atoms with Gasteiger partial charge in [-0.05, 0) is 25.1 Å². The maximum atomic E-state index is 12.2. The average Bonchev–Trinajstić information content (AvgIpc) is 3.17. The molecule has 1 amide bonds. The van der Waals surface area contributed by atoms with E-state index in [-0.39, 0.29) is 5.91 Å². The molecular formula is C21H22N2O3S. The SMILES string of the molecule is CCOCc1ccccc1NC(=O)CSCc1coc(-c2ccccc2)n1. The molecule has 0 atom stereocenters. The first-order chi connectivity index (χ1) is 13.3. The molecule has 0 bridgehead atoms. The first kappa shape index (κ1) is 19.2. The van der Waals surface area contributed by atoms with Gasteiger partial charge in [-0.2, -0.15) is 0 Å². The van der Waals surface area contributed by atoms with Crippen LogP contribution in [0.25, 0.3) is 11.5 Å². The van der Waals surface area contributed by atoms with Gasteiger partial charge in [-0.3, -0.25) is 4.79 Å². The molecular weight excluding hydrogens is 360 g/mol. The van der Waals surface area contributed by atoms with Gasteiger partial charge < -0.3 is 14.5 Å². The summed E-state index contributed by atoms with van der Waals surface area (Å²) in [6, 6.07) is 17.4. The Balaban J connectivity index is 1.48. The summed E-state index contributed by atoms with van der Waals surface area (Å²) in [4.78, 5) is 16.7. The highest BCUT2D eigenvalue weighted by Gasteiger charge is 2.09. The van der Waals surface area contributed by atoms with Crippen molar-refractivity contribution < 1.29 is 13.9 Å². The van der Waals surface area contributed by atoms with Crippen LogP contribution in [0.1, 0.15) is 18.2 Å². The lowest BCUT2D eigenvalue weighted by Gasteiger charge is -2.10. The molecule has 1 N–H and O–H groups in total. The predicted molar refractivity (Wildman–Crippen MR) is 109 cm³/mol. The van der Waals surface area contributed by atoms with Crippen molar-refractivity contribution in [3.8, 4) is 11.5 Å². The lowest BCUT2D eigenvalue weighted by Crippen LogP contribution is -2.15. The highest BCUT2D eigenvalue weighted by molar-refractivity contribution is 7.99. The molecule has 0 unspecified atom stereocenters. The number of carbonyl (C=O) groups excluding carboxylic acids is 1. The number of nitrogens with one attached hydrogen (secondary N) is 1. The van der Waals surface area contributed by atoms with Crippen molar-refractivity contribution in [1.82, 2.24) is 4.98 Å². The summed E-state index contributed by atoms with van der Waals surface area (Å²) in [7, 11) is 0. The molecule has 0 aliphatic carbocycles. The first-order valence-electron chi connectivity index (χ1n) is 8.79. The number of aromatic nitrogens is 1. The predicted octanol–water partition coefficient (Wildman–Crippen LogP) is 4.75. The number of hydrogen-bond acceptors (Lipinski definition) is 5. The first-order valence-corrected chi connectivity index (χ1v) is 9.95. The van der Waals surface area contributed by atoms with Crippen molar-refractivity contribution in [3.05, 3.63) is 72.1 Å². The quantitative estimate of drug-likeness (QED) is 0.578. The Kier molecular flexibility index (Phi) is 7.07. The van der Waals surface area contributed by atoms with Crippen molar-refractivity contribution in [1.29, 1.82) is 0 Å². The van der Waals surface area contributed by atoms with Gasteiger partial charge in [0.1, 0.15) is 6.26 Å². The summed E-state index contributed by atoms with van der Waals surface area (Å²) in [6.07, 6.45) is 1.64. The van der Waals surface area contributed by atoms with Gasteiger partial charge in [0.2, 0.25) is 11.8 Å². The summed E-state index contributed by atoms with van der Waals surface area (Å²) in [5.74, 6) is 1.51. The number of rotatable bonds is 9. The zero-order chi connectivity index (χ0) is 18.9. The zero-order valence-corrected chi connectivity index (χ0v) is 16.0. The van der Waals surface area contributed by atoms with Gasteiger partial charge in [-0.15, -0.1) is 11.8 Å². The third-order valence-corrected chi connectivity index (χ3v) is 4.77. The Morgan fingerprint density at radius 3 is 2.74 bits per heavy atom. The average molecular weight is 382 g/mol. The van der Waals surface area contributed by atoms with Gasteiger partial charge in [-0.25, -0.2) is 4.98 Å². The molecule has 0 aliphatic rings. The van der Waals surface area contributed by atoms with E-state index in [1.165, 1.54) is 11.8 Å². The Morgan fingerprint density at radius 2 is 1.93 bits per heavy atom. The Hall–Kier alpha value is -2.57. The molecule has 0 fully saturated rings. The van der Waals surface area contributed by atoms with E-state index in [0.717, 1.165) is 22.5 Å². The van der Waals surface area contributed by atoms with Crippen LogP contribution in [0.4, 0.5) is 5.69 Å². The number of hydrogen-bond donors (Lipinski definition) is 1. The molecule has 140 valence electrons. The molecule has 0 radical (unpaired) electrons. The van der Waals surface area contributed by atoms with Crippen molar-refractivity contribution in [2.75, 3.05) is 17.7 Å². The van der Waals surface area contributed by atoms with Crippen LogP contribution in [-0.4, -0.2) is 23.3 Å². The molecule has 0 saturated heterocycles. The second-order valence-corrected chi connectivity index (χ2v) is 6.83. The van der Waals surface area contributed by atoms with E-state index in [4.69, 9.17) is 9.15 Å². The minimum Gasteiger partial charge on any atom is -0.444 e. The van der Waals surface area contributed by atoms with Crippen molar-refractivity contribution in [3.63, 3.8) is 0 Å². The number of amides is 1. The number of anilines is 1. The molecule has 0 saturated carbocycles.